The highest BCUT2D eigenvalue weighted by Crippen LogP contribution is 2.25. The predicted molar refractivity (Wildman–Crippen MR) is 80.4 cm³/mol. The van der Waals surface area contributed by atoms with E-state index in [2.05, 4.69) is 28.6 Å². The summed E-state index contributed by atoms with van der Waals surface area (Å²) in [5, 5.41) is 0.697. The molecule has 2 nitrogen and oxygen atoms in total. The number of aryl methyl sites for hydroxylation is 1. The van der Waals surface area contributed by atoms with Crippen LogP contribution in [0.1, 0.15) is 11.4 Å². The molecule has 0 aliphatic rings. The lowest BCUT2D eigenvalue weighted by Crippen LogP contribution is -1.99. The summed E-state index contributed by atoms with van der Waals surface area (Å²) in [7, 11) is 0. The Morgan fingerprint density at radius 2 is 2.00 bits per heavy atom. The van der Waals surface area contributed by atoms with Crippen LogP contribution >= 0.6 is 23.2 Å². The maximum atomic E-state index is 6.09. The number of rotatable bonds is 2. The molecule has 4 heteroatoms. The Morgan fingerprint density at radius 3 is 2.74 bits per heavy atom. The molecule has 0 saturated heterocycles. The van der Waals surface area contributed by atoms with Crippen LogP contribution in [0.4, 0.5) is 0 Å². The minimum atomic E-state index is 0.361. The van der Waals surface area contributed by atoms with E-state index in [0.29, 0.717) is 10.9 Å². The standard InChI is InChI=1S/C15H12Cl2N2/c1-10-3-2-4-12(7-10)19-14-8-11(17)5-6-13(14)18-15(19)9-16/h2-8H,9H2,1H3. The number of aromatic nitrogens is 2. The Morgan fingerprint density at radius 1 is 1.16 bits per heavy atom. The van der Waals surface area contributed by atoms with Crippen LogP contribution in [0, 0.1) is 6.92 Å². The highest BCUT2D eigenvalue weighted by Gasteiger charge is 2.12. The normalized spacial score (nSPS) is 11.1. The molecule has 0 spiro atoms. The number of benzene rings is 2. The van der Waals surface area contributed by atoms with Gasteiger partial charge in [0.15, 0.2) is 0 Å². The third kappa shape index (κ3) is 2.22. The fourth-order valence-electron chi connectivity index (χ4n) is 2.24. The summed E-state index contributed by atoms with van der Waals surface area (Å²) >= 11 is 12.1. The number of fused-ring (bicyclic) bond motifs is 1. The van der Waals surface area contributed by atoms with Crippen molar-refractivity contribution in [3.8, 4) is 5.69 Å². The van der Waals surface area contributed by atoms with Crippen molar-refractivity contribution < 1.29 is 0 Å². The van der Waals surface area contributed by atoms with Gasteiger partial charge in [-0.3, -0.25) is 4.57 Å². The van der Waals surface area contributed by atoms with Gasteiger partial charge in [-0.05, 0) is 42.8 Å². The molecule has 0 unspecified atom stereocenters. The number of imidazole rings is 1. The number of halogens is 2. The van der Waals surface area contributed by atoms with Crippen LogP contribution in [0.2, 0.25) is 5.02 Å². The molecule has 3 rings (SSSR count). The van der Waals surface area contributed by atoms with Crippen molar-refractivity contribution in [2.45, 2.75) is 12.8 Å². The summed E-state index contributed by atoms with van der Waals surface area (Å²) in [6.07, 6.45) is 0. The Balaban J connectivity index is 2.34. The molecule has 0 atom stereocenters. The molecule has 0 saturated carbocycles. The molecule has 0 amide bonds. The molecule has 2 aromatic carbocycles. The molecule has 0 bridgehead atoms. The van der Waals surface area contributed by atoms with Crippen LogP contribution in [-0.4, -0.2) is 9.55 Å². The lowest BCUT2D eigenvalue weighted by molar-refractivity contribution is 0.980. The van der Waals surface area contributed by atoms with Gasteiger partial charge in [-0.2, -0.15) is 0 Å². The average molecular weight is 291 g/mol. The van der Waals surface area contributed by atoms with Crippen LogP contribution < -0.4 is 0 Å². The zero-order chi connectivity index (χ0) is 13.4. The van der Waals surface area contributed by atoms with Gasteiger partial charge >= 0.3 is 0 Å². The van der Waals surface area contributed by atoms with Crippen molar-refractivity contribution in [2.75, 3.05) is 0 Å². The lowest BCUT2D eigenvalue weighted by atomic mass is 10.2. The smallest absolute Gasteiger partial charge is 0.129 e. The molecule has 0 fully saturated rings. The van der Waals surface area contributed by atoms with Crippen LogP contribution in [0.5, 0.6) is 0 Å². The van der Waals surface area contributed by atoms with Crippen molar-refractivity contribution in [2.24, 2.45) is 0 Å². The lowest BCUT2D eigenvalue weighted by Gasteiger charge is -2.08. The highest BCUT2D eigenvalue weighted by molar-refractivity contribution is 6.31. The molecule has 1 aromatic heterocycles. The molecule has 19 heavy (non-hydrogen) atoms. The van der Waals surface area contributed by atoms with Gasteiger partial charge in [-0.25, -0.2) is 4.98 Å². The molecule has 0 N–H and O–H groups in total. The van der Waals surface area contributed by atoms with Crippen LogP contribution in [-0.2, 0) is 5.88 Å². The first-order valence-electron chi connectivity index (χ1n) is 5.99. The van der Waals surface area contributed by atoms with Crippen molar-refractivity contribution >= 4 is 34.2 Å². The molecule has 96 valence electrons. The van der Waals surface area contributed by atoms with E-state index in [0.717, 1.165) is 22.5 Å². The van der Waals surface area contributed by atoms with Crippen molar-refractivity contribution in [1.29, 1.82) is 0 Å². The molecule has 0 radical (unpaired) electrons. The van der Waals surface area contributed by atoms with Gasteiger partial charge in [0.2, 0.25) is 0 Å². The molecular formula is C15H12Cl2N2. The van der Waals surface area contributed by atoms with Crippen LogP contribution in [0.25, 0.3) is 16.7 Å². The number of nitrogens with zero attached hydrogens (tertiary/aromatic N) is 2. The minimum Gasteiger partial charge on any atom is -0.295 e. The first-order chi connectivity index (χ1) is 9.19. The SMILES string of the molecule is Cc1cccc(-n2c(CCl)nc3ccc(Cl)cc32)c1. The summed E-state index contributed by atoms with van der Waals surface area (Å²) in [5.41, 5.74) is 4.14. The quantitative estimate of drug-likeness (QED) is 0.624. The van der Waals surface area contributed by atoms with Gasteiger partial charge in [-0.1, -0.05) is 23.7 Å². The Labute approximate surface area is 121 Å². The maximum absolute atomic E-state index is 6.09. The molecule has 0 aliphatic heterocycles. The number of hydrogen-bond acceptors (Lipinski definition) is 1. The molecular weight excluding hydrogens is 279 g/mol. The van der Waals surface area contributed by atoms with Gasteiger partial charge in [-0.15, -0.1) is 11.6 Å². The van der Waals surface area contributed by atoms with Crippen molar-refractivity contribution in [3.05, 3.63) is 58.9 Å². The van der Waals surface area contributed by atoms with Gasteiger partial charge in [0.05, 0.1) is 16.9 Å². The largest absolute Gasteiger partial charge is 0.295 e. The van der Waals surface area contributed by atoms with Crippen molar-refractivity contribution in [3.63, 3.8) is 0 Å². The van der Waals surface area contributed by atoms with E-state index >= 15 is 0 Å². The van der Waals surface area contributed by atoms with E-state index in [1.807, 2.05) is 30.3 Å². The van der Waals surface area contributed by atoms with E-state index in [1.54, 1.807) is 0 Å². The second kappa shape index (κ2) is 4.87. The minimum absolute atomic E-state index is 0.361. The second-order valence-electron chi connectivity index (χ2n) is 4.47. The topological polar surface area (TPSA) is 17.8 Å². The van der Waals surface area contributed by atoms with Gasteiger partial charge in [0.1, 0.15) is 5.82 Å². The third-order valence-corrected chi connectivity index (χ3v) is 3.54. The molecule has 1 heterocycles. The Bertz CT molecular complexity index is 747. The molecule has 3 aromatic rings. The number of hydrogen-bond donors (Lipinski definition) is 0. The fourth-order valence-corrected chi connectivity index (χ4v) is 2.59. The first kappa shape index (κ1) is 12.5. The zero-order valence-corrected chi connectivity index (χ0v) is 11.9. The van der Waals surface area contributed by atoms with E-state index in [9.17, 15) is 0 Å². The molecule has 0 aliphatic carbocycles. The summed E-state index contributed by atoms with van der Waals surface area (Å²) < 4.78 is 2.06. The van der Waals surface area contributed by atoms with Gasteiger partial charge in [0.25, 0.3) is 0 Å². The third-order valence-electron chi connectivity index (χ3n) is 3.07. The summed E-state index contributed by atoms with van der Waals surface area (Å²) in [4.78, 5) is 4.55. The zero-order valence-electron chi connectivity index (χ0n) is 10.4. The number of alkyl halides is 1. The van der Waals surface area contributed by atoms with Gasteiger partial charge in [0, 0.05) is 10.7 Å². The van der Waals surface area contributed by atoms with Crippen LogP contribution in [0.15, 0.2) is 42.5 Å². The van der Waals surface area contributed by atoms with E-state index in [-0.39, 0.29) is 0 Å². The second-order valence-corrected chi connectivity index (χ2v) is 5.17. The van der Waals surface area contributed by atoms with E-state index < -0.39 is 0 Å². The maximum Gasteiger partial charge on any atom is 0.129 e. The van der Waals surface area contributed by atoms with E-state index in [4.69, 9.17) is 23.2 Å². The summed E-state index contributed by atoms with van der Waals surface area (Å²) in [6, 6.07) is 13.9. The summed E-state index contributed by atoms with van der Waals surface area (Å²) in [6.45, 7) is 2.07. The van der Waals surface area contributed by atoms with Crippen molar-refractivity contribution in [1.82, 2.24) is 9.55 Å². The first-order valence-corrected chi connectivity index (χ1v) is 6.90. The van der Waals surface area contributed by atoms with E-state index in [1.165, 1.54) is 5.56 Å². The average Bonchev–Trinajstić information content (AvgIpc) is 2.76. The summed E-state index contributed by atoms with van der Waals surface area (Å²) in [5.74, 6) is 1.18. The fraction of sp³-hybridized carbons (Fsp3) is 0.133. The van der Waals surface area contributed by atoms with Crippen LogP contribution in [0.3, 0.4) is 0 Å². The Hall–Kier alpha value is -1.51. The van der Waals surface area contributed by atoms with Gasteiger partial charge < -0.3 is 0 Å². The monoisotopic (exact) mass is 290 g/mol. The Kier molecular flexibility index (Phi) is 3.21. The highest BCUT2D eigenvalue weighted by atomic mass is 35.5. The predicted octanol–water partition coefficient (Wildman–Crippen LogP) is 4.73.